The van der Waals surface area contributed by atoms with Crippen LogP contribution in [0.5, 0.6) is 17.2 Å². The summed E-state index contributed by atoms with van der Waals surface area (Å²) in [5, 5.41) is 5.48. The minimum atomic E-state index is -1.30. The fourth-order valence-corrected chi connectivity index (χ4v) is 3.85. The van der Waals surface area contributed by atoms with Gasteiger partial charge in [0, 0.05) is 13.0 Å². The van der Waals surface area contributed by atoms with Crippen LogP contribution in [-0.2, 0) is 21.5 Å². The molecule has 0 aliphatic carbocycles. The summed E-state index contributed by atoms with van der Waals surface area (Å²) in [5.74, 6) is 0.993. The maximum Gasteiger partial charge on any atom is 0.325 e. The van der Waals surface area contributed by atoms with Crippen LogP contribution in [-0.4, -0.2) is 56.2 Å². The largest absolute Gasteiger partial charge is 0.497 e. The molecule has 2 aliphatic heterocycles. The number of urea groups is 1. The molecule has 2 aromatic carbocycles. The average molecular weight is 453 g/mol. The Morgan fingerprint density at radius 3 is 2.58 bits per heavy atom. The van der Waals surface area contributed by atoms with Gasteiger partial charge in [0.15, 0.2) is 11.5 Å². The summed E-state index contributed by atoms with van der Waals surface area (Å²) < 4.78 is 16.5. The molecule has 1 atom stereocenters. The van der Waals surface area contributed by atoms with Gasteiger partial charge in [-0.25, -0.2) is 4.79 Å². The third-order valence-corrected chi connectivity index (χ3v) is 5.80. The number of nitrogens with one attached hydrogen (secondary N) is 2. The number of nitrogens with zero attached hydrogens (tertiary/aromatic N) is 1. The molecule has 0 aromatic heterocycles. The van der Waals surface area contributed by atoms with Crippen LogP contribution in [0, 0.1) is 0 Å². The van der Waals surface area contributed by atoms with Crippen LogP contribution in [0.4, 0.5) is 4.79 Å². The van der Waals surface area contributed by atoms with E-state index < -0.39 is 23.4 Å². The number of amides is 4. The van der Waals surface area contributed by atoms with Crippen molar-refractivity contribution in [1.82, 2.24) is 15.5 Å². The molecule has 4 amide bonds. The fraction of sp³-hybridized carbons (Fsp3) is 0.375. The van der Waals surface area contributed by atoms with E-state index in [1.54, 1.807) is 32.2 Å². The molecule has 0 radical (unpaired) electrons. The van der Waals surface area contributed by atoms with Gasteiger partial charge in [0.25, 0.3) is 5.91 Å². The predicted octanol–water partition coefficient (Wildman–Crippen LogP) is 1.98. The highest BCUT2D eigenvalue weighted by Gasteiger charge is 2.49. The molecule has 0 spiro atoms. The molecule has 2 N–H and O–H groups in total. The Bertz CT molecular complexity index is 1050. The Morgan fingerprint density at radius 1 is 1.12 bits per heavy atom. The molecule has 33 heavy (non-hydrogen) atoms. The van der Waals surface area contributed by atoms with Gasteiger partial charge in [-0.15, -0.1) is 0 Å². The first-order chi connectivity index (χ1) is 15.9. The van der Waals surface area contributed by atoms with Gasteiger partial charge in [0.05, 0.1) is 20.3 Å². The van der Waals surface area contributed by atoms with Crippen LogP contribution >= 0.6 is 0 Å². The van der Waals surface area contributed by atoms with E-state index in [4.69, 9.17) is 14.2 Å². The fourth-order valence-electron chi connectivity index (χ4n) is 3.85. The Balaban J connectivity index is 1.37. The molecule has 9 nitrogen and oxygen atoms in total. The molecule has 2 heterocycles. The van der Waals surface area contributed by atoms with Crippen molar-refractivity contribution in [3.05, 3.63) is 53.6 Å². The highest BCUT2D eigenvalue weighted by molar-refractivity contribution is 6.09. The first kappa shape index (κ1) is 22.4. The quantitative estimate of drug-likeness (QED) is 0.621. The van der Waals surface area contributed by atoms with Crippen molar-refractivity contribution in [2.45, 2.75) is 25.3 Å². The summed E-state index contributed by atoms with van der Waals surface area (Å²) in [6, 6.07) is 12.1. The van der Waals surface area contributed by atoms with Gasteiger partial charge in [-0.2, -0.15) is 0 Å². The second-order valence-electron chi connectivity index (χ2n) is 8.11. The Labute approximate surface area is 192 Å². The molecule has 0 unspecified atom stereocenters. The van der Waals surface area contributed by atoms with Crippen LogP contribution in [0.2, 0.25) is 0 Å². The summed E-state index contributed by atoms with van der Waals surface area (Å²) in [4.78, 5) is 39.1. The van der Waals surface area contributed by atoms with E-state index in [9.17, 15) is 14.4 Å². The zero-order valence-corrected chi connectivity index (χ0v) is 18.7. The smallest absolute Gasteiger partial charge is 0.325 e. The van der Waals surface area contributed by atoms with Gasteiger partial charge in [-0.1, -0.05) is 18.2 Å². The van der Waals surface area contributed by atoms with Crippen LogP contribution < -0.4 is 24.8 Å². The molecule has 2 aromatic rings. The molecular weight excluding hydrogens is 426 g/mol. The SMILES string of the molecule is COc1ccc(CCNC(=O)CN2C(=O)N[C@@](C)(c3ccc4c(c3)OCCCO4)C2=O)cc1. The number of hydrogen-bond acceptors (Lipinski definition) is 6. The number of carbonyl (C=O) groups is 3. The van der Waals surface area contributed by atoms with Crippen LogP contribution in [0.1, 0.15) is 24.5 Å². The standard InChI is InChI=1S/C24H27N3O6/c1-24(17-6-9-19-20(14-17)33-13-3-12-32-19)22(29)27(23(30)26-24)15-21(28)25-11-10-16-4-7-18(31-2)8-5-16/h4-9,14H,3,10-13,15H2,1-2H3,(H,25,28)(H,26,30)/t24-/m0/s1. The van der Waals surface area contributed by atoms with Crippen molar-refractivity contribution in [3.63, 3.8) is 0 Å². The highest BCUT2D eigenvalue weighted by Crippen LogP contribution is 2.36. The number of benzene rings is 2. The maximum atomic E-state index is 13.1. The lowest BCUT2D eigenvalue weighted by atomic mass is 9.91. The van der Waals surface area contributed by atoms with Gasteiger partial charge in [-0.05, 0) is 48.7 Å². The Morgan fingerprint density at radius 2 is 1.85 bits per heavy atom. The van der Waals surface area contributed by atoms with Gasteiger partial charge < -0.3 is 24.8 Å². The molecule has 1 fully saturated rings. The number of fused-ring (bicyclic) bond motifs is 1. The number of methoxy groups -OCH3 is 1. The number of ether oxygens (including phenoxy) is 3. The van der Waals surface area contributed by atoms with Gasteiger partial charge in [0.1, 0.15) is 17.8 Å². The normalized spacial score (nSPS) is 19.6. The third-order valence-electron chi connectivity index (χ3n) is 5.80. The number of imide groups is 1. The molecule has 1 saturated heterocycles. The number of carbonyl (C=O) groups excluding carboxylic acids is 3. The van der Waals surface area contributed by atoms with Crippen molar-refractivity contribution in [1.29, 1.82) is 0 Å². The first-order valence-electron chi connectivity index (χ1n) is 10.8. The van der Waals surface area contributed by atoms with E-state index in [1.165, 1.54) is 0 Å². The summed E-state index contributed by atoms with van der Waals surface area (Å²) in [6.45, 7) is 2.71. The predicted molar refractivity (Wildman–Crippen MR) is 119 cm³/mol. The minimum Gasteiger partial charge on any atom is -0.497 e. The topological polar surface area (TPSA) is 106 Å². The van der Waals surface area contributed by atoms with Crippen LogP contribution in [0.3, 0.4) is 0 Å². The van der Waals surface area contributed by atoms with E-state index in [2.05, 4.69) is 10.6 Å². The molecule has 2 aliphatic rings. The second-order valence-corrected chi connectivity index (χ2v) is 8.11. The average Bonchev–Trinajstić information content (AvgIpc) is 2.97. The van der Waals surface area contributed by atoms with Gasteiger partial charge >= 0.3 is 6.03 Å². The Kier molecular flexibility index (Phi) is 6.39. The molecule has 9 heteroatoms. The van der Waals surface area contributed by atoms with Crippen molar-refractivity contribution in [2.24, 2.45) is 0 Å². The lowest BCUT2D eigenvalue weighted by Crippen LogP contribution is -2.43. The maximum absolute atomic E-state index is 13.1. The second kappa shape index (κ2) is 9.40. The van der Waals surface area contributed by atoms with Gasteiger partial charge in [0.2, 0.25) is 5.91 Å². The molecule has 0 saturated carbocycles. The monoisotopic (exact) mass is 453 g/mol. The third kappa shape index (κ3) is 4.72. The van der Waals surface area contributed by atoms with Crippen molar-refractivity contribution >= 4 is 17.8 Å². The Hall–Kier alpha value is -3.75. The number of hydrogen-bond donors (Lipinski definition) is 2. The summed E-state index contributed by atoms with van der Waals surface area (Å²) in [6.07, 6.45) is 1.38. The minimum absolute atomic E-state index is 0.354. The molecule has 174 valence electrons. The van der Waals surface area contributed by atoms with E-state index >= 15 is 0 Å². The van der Waals surface area contributed by atoms with E-state index in [0.29, 0.717) is 43.2 Å². The lowest BCUT2D eigenvalue weighted by molar-refractivity contribution is -0.134. The van der Waals surface area contributed by atoms with E-state index in [0.717, 1.165) is 22.6 Å². The highest BCUT2D eigenvalue weighted by atomic mass is 16.5. The lowest BCUT2D eigenvalue weighted by Gasteiger charge is -2.23. The molecule has 4 rings (SSSR count). The van der Waals surface area contributed by atoms with Crippen LogP contribution in [0.15, 0.2) is 42.5 Å². The van der Waals surface area contributed by atoms with Crippen molar-refractivity contribution in [3.8, 4) is 17.2 Å². The summed E-state index contributed by atoms with van der Waals surface area (Å²) >= 11 is 0. The van der Waals surface area contributed by atoms with E-state index in [1.807, 2.05) is 24.3 Å². The van der Waals surface area contributed by atoms with E-state index in [-0.39, 0.29) is 6.54 Å². The van der Waals surface area contributed by atoms with Crippen molar-refractivity contribution < 1.29 is 28.6 Å². The zero-order valence-electron chi connectivity index (χ0n) is 18.7. The summed E-state index contributed by atoms with van der Waals surface area (Å²) in [7, 11) is 1.60. The van der Waals surface area contributed by atoms with Crippen LogP contribution in [0.25, 0.3) is 0 Å². The zero-order chi connectivity index (χ0) is 23.4. The van der Waals surface area contributed by atoms with Crippen molar-refractivity contribution in [2.75, 3.05) is 33.4 Å². The van der Waals surface area contributed by atoms with Gasteiger partial charge in [-0.3, -0.25) is 14.5 Å². The summed E-state index contributed by atoms with van der Waals surface area (Å²) in [5.41, 5.74) is 0.297. The molecule has 0 bridgehead atoms. The molecular formula is C24H27N3O6. The first-order valence-corrected chi connectivity index (χ1v) is 10.8. The number of rotatable bonds is 7.